The molecule has 15 heavy (non-hydrogen) atoms. The van der Waals surface area contributed by atoms with E-state index < -0.39 is 0 Å². The summed E-state index contributed by atoms with van der Waals surface area (Å²) in [5, 5.41) is 0. The van der Waals surface area contributed by atoms with E-state index in [9.17, 15) is 0 Å². The minimum Gasteiger partial charge on any atom is -0.330 e. The molecule has 0 atom stereocenters. The van der Waals surface area contributed by atoms with Crippen LogP contribution in [-0.2, 0) is 5.41 Å². The second kappa shape index (κ2) is 4.80. The molecule has 0 aliphatic carbocycles. The van der Waals surface area contributed by atoms with Gasteiger partial charge in [0, 0.05) is 0 Å². The maximum absolute atomic E-state index is 5.58. The minimum atomic E-state index is 0.246. The molecule has 1 nitrogen and oxygen atoms in total. The van der Waals surface area contributed by atoms with Crippen molar-refractivity contribution in [2.75, 3.05) is 6.54 Å². The largest absolute Gasteiger partial charge is 0.330 e. The highest BCUT2D eigenvalue weighted by molar-refractivity contribution is 5.35. The lowest BCUT2D eigenvalue weighted by Gasteiger charge is -2.27. The smallest absolute Gasteiger partial charge is 0.00770 e. The molecule has 0 saturated heterocycles. The molecule has 1 aromatic rings. The Morgan fingerprint density at radius 3 is 2.47 bits per heavy atom. The van der Waals surface area contributed by atoms with E-state index in [0.29, 0.717) is 0 Å². The number of rotatable bonds is 4. The first-order chi connectivity index (χ1) is 6.97. The van der Waals surface area contributed by atoms with Gasteiger partial charge in [0.25, 0.3) is 0 Å². The van der Waals surface area contributed by atoms with Crippen molar-refractivity contribution in [2.24, 2.45) is 5.73 Å². The minimum absolute atomic E-state index is 0.246. The number of hydrogen-bond donors (Lipinski definition) is 1. The molecular formula is C14H23N. The molecule has 0 aliphatic rings. The molecule has 0 unspecified atom stereocenters. The highest BCUT2D eigenvalue weighted by Crippen LogP contribution is 2.31. The van der Waals surface area contributed by atoms with Crippen LogP contribution in [-0.4, -0.2) is 6.54 Å². The summed E-state index contributed by atoms with van der Waals surface area (Å²) in [6.07, 6.45) is 2.26. The molecule has 1 rings (SSSR count). The van der Waals surface area contributed by atoms with Crippen molar-refractivity contribution in [1.29, 1.82) is 0 Å². The van der Waals surface area contributed by atoms with Crippen LogP contribution in [0.25, 0.3) is 0 Å². The molecule has 0 saturated carbocycles. The summed E-state index contributed by atoms with van der Waals surface area (Å²) in [7, 11) is 0. The van der Waals surface area contributed by atoms with E-state index in [2.05, 4.69) is 45.9 Å². The highest BCUT2D eigenvalue weighted by Gasteiger charge is 2.21. The summed E-state index contributed by atoms with van der Waals surface area (Å²) >= 11 is 0. The lowest BCUT2D eigenvalue weighted by atomic mass is 9.78. The Bertz CT molecular complexity index is 326. The van der Waals surface area contributed by atoms with Gasteiger partial charge in [-0.2, -0.15) is 0 Å². The standard InChI is InChI=1S/C14H23N/c1-11-6-7-12(2)13(10-11)14(3,4)8-5-9-15/h6-7,10H,5,8-9,15H2,1-4H3. The predicted octanol–water partition coefficient (Wildman–Crippen LogP) is 3.32. The summed E-state index contributed by atoms with van der Waals surface area (Å²) in [5.74, 6) is 0. The van der Waals surface area contributed by atoms with Crippen molar-refractivity contribution < 1.29 is 0 Å². The van der Waals surface area contributed by atoms with E-state index in [4.69, 9.17) is 5.73 Å². The molecular weight excluding hydrogens is 182 g/mol. The molecule has 0 aromatic heterocycles. The Kier molecular flexibility index (Phi) is 3.92. The van der Waals surface area contributed by atoms with Crippen LogP contribution in [0, 0.1) is 13.8 Å². The molecule has 0 fully saturated rings. The van der Waals surface area contributed by atoms with Crippen LogP contribution in [0.2, 0.25) is 0 Å². The number of aryl methyl sites for hydroxylation is 2. The van der Waals surface area contributed by atoms with Crippen LogP contribution < -0.4 is 5.73 Å². The van der Waals surface area contributed by atoms with E-state index >= 15 is 0 Å². The van der Waals surface area contributed by atoms with Crippen molar-refractivity contribution >= 4 is 0 Å². The molecule has 0 amide bonds. The van der Waals surface area contributed by atoms with Gasteiger partial charge in [0.05, 0.1) is 0 Å². The third-order valence-electron chi connectivity index (χ3n) is 3.13. The zero-order valence-electron chi connectivity index (χ0n) is 10.4. The Morgan fingerprint density at radius 1 is 1.20 bits per heavy atom. The van der Waals surface area contributed by atoms with E-state index in [1.165, 1.54) is 16.7 Å². The molecule has 0 spiro atoms. The SMILES string of the molecule is Cc1ccc(C)c(C(C)(C)CCCN)c1. The van der Waals surface area contributed by atoms with Gasteiger partial charge in [-0.1, -0.05) is 37.6 Å². The fraction of sp³-hybridized carbons (Fsp3) is 0.571. The number of benzene rings is 1. The third-order valence-corrected chi connectivity index (χ3v) is 3.13. The van der Waals surface area contributed by atoms with Crippen molar-refractivity contribution in [2.45, 2.75) is 46.0 Å². The molecule has 1 heteroatoms. The van der Waals surface area contributed by atoms with E-state index in [0.717, 1.165) is 19.4 Å². The Morgan fingerprint density at radius 2 is 1.87 bits per heavy atom. The van der Waals surface area contributed by atoms with Gasteiger partial charge in [-0.15, -0.1) is 0 Å². The zero-order chi connectivity index (χ0) is 11.5. The van der Waals surface area contributed by atoms with Gasteiger partial charge >= 0.3 is 0 Å². The maximum atomic E-state index is 5.58. The monoisotopic (exact) mass is 205 g/mol. The molecule has 0 heterocycles. The second-order valence-corrected chi connectivity index (χ2v) is 5.09. The van der Waals surface area contributed by atoms with Gasteiger partial charge in [0.2, 0.25) is 0 Å². The first-order valence-corrected chi connectivity index (χ1v) is 5.75. The van der Waals surface area contributed by atoms with Crippen LogP contribution in [0.4, 0.5) is 0 Å². The fourth-order valence-electron chi connectivity index (χ4n) is 2.14. The Labute approximate surface area is 93.7 Å². The van der Waals surface area contributed by atoms with Crippen molar-refractivity contribution in [3.8, 4) is 0 Å². The van der Waals surface area contributed by atoms with Gasteiger partial charge in [-0.25, -0.2) is 0 Å². The Hall–Kier alpha value is -0.820. The normalized spacial score (nSPS) is 11.8. The number of hydrogen-bond acceptors (Lipinski definition) is 1. The molecule has 2 N–H and O–H groups in total. The summed E-state index contributed by atoms with van der Waals surface area (Å²) in [6.45, 7) is 9.75. The molecule has 0 radical (unpaired) electrons. The lowest BCUT2D eigenvalue weighted by molar-refractivity contribution is 0.462. The van der Waals surface area contributed by atoms with Gasteiger partial charge < -0.3 is 5.73 Å². The Balaban J connectivity index is 2.97. The number of nitrogens with two attached hydrogens (primary N) is 1. The predicted molar refractivity (Wildman–Crippen MR) is 67.2 cm³/mol. The average Bonchev–Trinajstić information content (AvgIpc) is 2.18. The fourth-order valence-corrected chi connectivity index (χ4v) is 2.14. The van der Waals surface area contributed by atoms with Crippen LogP contribution in [0.3, 0.4) is 0 Å². The highest BCUT2D eigenvalue weighted by atomic mass is 14.5. The van der Waals surface area contributed by atoms with Crippen molar-refractivity contribution in [1.82, 2.24) is 0 Å². The quantitative estimate of drug-likeness (QED) is 0.801. The molecule has 84 valence electrons. The van der Waals surface area contributed by atoms with Crippen LogP contribution in [0.5, 0.6) is 0 Å². The van der Waals surface area contributed by atoms with Gasteiger partial charge in [-0.05, 0) is 49.8 Å². The van der Waals surface area contributed by atoms with E-state index in [1.807, 2.05) is 0 Å². The van der Waals surface area contributed by atoms with Crippen LogP contribution in [0.15, 0.2) is 18.2 Å². The first-order valence-electron chi connectivity index (χ1n) is 5.75. The molecule has 0 bridgehead atoms. The summed E-state index contributed by atoms with van der Waals surface area (Å²) in [4.78, 5) is 0. The average molecular weight is 205 g/mol. The zero-order valence-corrected chi connectivity index (χ0v) is 10.4. The first kappa shape index (κ1) is 12.3. The van der Waals surface area contributed by atoms with Gasteiger partial charge in [-0.3, -0.25) is 0 Å². The molecule has 1 aromatic carbocycles. The van der Waals surface area contributed by atoms with Crippen molar-refractivity contribution in [3.63, 3.8) is 0 Å². The van der Waals surface area contributed by atoms with E-state index in [-0.39, 0.29) is 5.41 Å². The summed E-state index contributed by atoms with van der Waals surface area (Å²) in [5.41, 5.74) is 10.0. The maximum Gasteiger partial charge on any atom is -0.00770 e. The molecule has 0 aliphatic heterocycles. The summed E-state index contributed by atoms with van der Waals surface area (Å²) in [6, 6.07) is 6.71. The van der Waals surface area contributed by atoms with Crippen LogP contribution in [0.1, 0.15) is 43.4 Å². The lowest BCUT2D eigenvalue weighted by Crippen LogP contribution is -2.20. The van der Waals surface area contributed by atoms with Gasteiger partial charge in [0.15, 0.2) is 0 Å². The van der Waals surface area contributed by atoms with Crippen molar-refractivity contribution in [3.05, 3.63) is 34.9 Å². The van der Waals surface area contributed by atoms with Crippen LogP contribution >= 0.6 is 0 Å². The topological polar surface area (TPSA) is 26.0 Å². The third kappa shape index (κ3) is 3.07. The van der Waals surface area contributed by atoms with E-state index in [1.54, 1.807) is 0 Å². The second-order valence-electron chi connectivity index (χ2n) is 5.09. The van der Waals surface area contributed by atoms with Gasteiger partial charge in [0.1, 0.15) is 0 Å². The summed E-state index contributed by atoms with van der Waals surface area (Å²) < 4.78 is 0.